The van der Waals surface area contributed by atoms with Crippen LogP contribution in [0.25, 0.3) is 21.5 Å². The van der Waals surface area contributed by atoms with Crippen LogP contribution in [-0.4, -0.2) is 0 Å². The average molecular weight is 420 g/mol. The Balaban J connectivity index is 0.000000143. The van der Waals surface area contributed by atoms with Crippen LogP contribution in [0.5, 0.6) is 0 Å². The minimum atomic E-state index is -0.826. The van der Waals surface area contributed by atoms with E-state index < -0.39 is 20.8 Å². The predicted molar refractivity (Wildman–Crippen MR) is 100 cm³/mol. The molecule has 3 heteroatoms. The third-order valence-corrected chi connectivity index (χ3v) is 3.52. The van der Waals surface area contributed by atoms with E-state index in [0.717, 1.165) is 0 Å². The molecule has 116 valence electrons. The maximum absolute atomic E-state index is 4.93. The third kappa shape index (κ3) is 5.61. The molecule has 0 aliphatic heterocycles. The summed E-state index contributed by atoms with van der Waals surface area (Å²) in [7, 11) is 9.87. The van der Waals surface area contributed by atoms with Crippen LogP contribution in [0, 0.1) is 13.8 Å². The molecular weight excluding hydrogens is 402 g/mol. The predicted octanol–water partition coefficient (Wildman–Crippen LogP) is 7.11. The fourth-order valence-electron chi connectivity index (χ4n) is 2.61. The molecule has 0 amide bonds. The summed E-state index contributed by atoms with van der Waals surface area (Å²) in [5, 5.41) is 5.39. The van der Waals surface area contributed by atoms with Crippen molar-refractivity contribution in [2.75, 3.05) is 0 Å². The van der Waals surface area contributed by atoms with E-state index in [0.29, 0.717) is 0 Å². The molecule has 0 aliphatic carbocycles. The van der Waals surface area contributed by atoms with Crippen molar-refractivity contribution in [1.29, 1.82) is 0 Å². The first-order valence-electron chi connectivity index (χ1n) is 7.34. The second-order valence-electron chi connectivity index (χ2n) is 5.39. The Hall–Kier alpha value is -0.877. The van der Waals surface area contributed by atoms with E-state index >= 15 is 0 Å². The monoisotopic (exact) mass is 418 g/mol. The van der Waals surface area contributed by atoms with Gasteiger partial charge in [-0.05, 0) is 0 Å². The van der Waals surface area contributed by atoms with Gasteiger partial charge in [0, 0.05) is 0 Å². The molecule has 0 bridgehead atoms. The fraction of sp³-hybridized carbons (Fsp3) is 0.100. The molecule has 0 atom stereocenters. The molecule has 0 nitrogen and oxygen atoms in total. The SMILES string of the molecule is Cc1cc2ccccc2[cH-]1.Cc1cc2ccccc2[cH-]1.[Cl][Zr+2][Cl]. The second-order valence-corrected chi connectivity index (χ2v) is 9.13. The first kappa shape index (κ1) is 18.5. The molecule has 4 aromatic rings. The van der Waals surface area contributed by atoms with Crippen molar-refractivity contribution < 1.29 is 20.8 Å². The Kier molecular flexibility index (Phi) is 7.57. The van der Waals surface area contributed by atoms with Gasteiger partial charge in [0.2, 0.25) is 0 Å². The van der Waals surface area contributed by atoms with Gasteiger partial charge in [-0.1, -0.05) is 26.0 Å². The number of rotatable bonds is 0. The van der Waals surface area contributed by atoms with Crippen LogP contribution in [-0.2, 0) is 20.8 Å². The van der Waals surface area contributed by atoms with Crippen molar-refractivity contribution in [2.45, 2.75) is 13.8 Å². The Labute approximate surface area is 156 Å². The van der Waals surface area contributed by atoms with E-state index in [1.54, 1.807) is 0 Å². The number of benzene rings is 2. The first-order chi connectivity index (χ1) is 11.1. The molecule has 4 rings (SSSR count). The van der Waals surface area contributed by atoms with E-state index in [2.05, 4.69) is 86.6 Å². The van der Waals surface area contributed by atoms with Gasteiger partial charge < -0.3 is 0 Å². The van der Waals surface area contributed by atoms with Gasteiger partial charge in [-0.3, -0.25) is 0 Å². The van der Waals surface area contributed by atoms with Crippen LogP contribution in [0.15, 0.2) is 72.8 Å². The van der Waals surface area contributed by atoms with E-state index in [9.17, 15) is 0 Å². The zero-order valence-electron chi connectivity index (χ0n) is 13.2. The maximum atomic E-state index is 4.93. The van der Waals surface area contributed by atoms with Gasteiger partial charge in [-0.2, -0.15) is 12.1 Å². The van der Waals surface area contributed by atoms with E-state index in [4.69, 9.17) is 17.0 Å². The van der Waals surface area contributed by atoms with Crippen molar-refractivity contribution >= 4 is 38.6 Å². The third-order valence-electron chi connectivity index (χ3n) is 3.52. The Morgan fingerprint density at radius 3 is 1.39 bits per heavy atom. The molecule has 0 saturated carbocycles. The Morgan fingerprint density at radius 2 is 1.04 bits per heavy atom. The molecule has 23 heavy (non-hydrogen) atoms. The van der Waals surface area contributed by atoms with Gasteiger partial charge >= 0.3 is 37.9 Å². The van der Waals surface area contributed by atoms with E-state index in [1.165, 1.54) is 32.7 Å². The van der Waals surface area contributed by atoms with Crippen molar-refractivity contribution in [3.63, 3.8) is 0 Å². The number of fused-ring (bicyclic) bond motifs is 2. The summed E-state index contributed by atoms with van der Waals surface area (Å²) in [4.78, 5) is 0. The molecule has 0 aromatic heterocycles. The molecule has 0 unspecified atom stereocenters. The summed E-state index contributed by atoms with van der Waals surface area (Å²) >= 11 is -0.826. The van der Waals surface area contributed by atoms with Gasteiger partial charge in [0.25, 0.3) is 0 Å². The summed E-state index contributed by atoms with van der Waals surface area (Å²) in [6, 6.07) is 25.7. The van der Waals surface area contributed by atoms with Crippen LogP contribution in [0.3, 0.4) is 0 Å². The molecule has 0 heterocycles. The molecule has 0 saturated heterocycles. The summed E-state index contributed by atoms with van der Waals surface area (Å²) < 4.78 is 0. The minimum absolute atomic E-state index is 0.826. The number of halogens is 2. The van der Waals surface area contributed by atoms with Gasteiger partial charge in [-0.25, -0.2) is 0 Å². The van der Waals surface area contributed by atoms with Crippen molar-refractivity contribution in [1.82, 2.24) is 0 Å². The van der Waals surface area contributed by atoms with Crippen LogP contribution < -0.4 is 0 Å². The van der Waals surface area contributed by atoms with Crippen molar-refractivity contribution in [3.05, 3.63) is 83.9 Å². The number of hydrogen-bond donors (Lipinski definition) is 0. The molecule has 4 aromatic carbocycles. The van der Waals surface area contributed by atoms with Crippen molar-refractivity contribution in [2.24, 2.45) is 0 Å². The summed E-state index contributed by atoms with van der Waals surface area (Å²) in [6.45, 7) is 4.25. The van der Waals surface area contributed by atoms with Crippen molar-refractivity contribution in [3.8, 4) is 0 Å². The molecular formula is C20H18Cl2Zr. The Morgan fingerprint density at radius 1 is 0.696 bits per heavy atom. The topological polar surface area (TPSA) is 0 Å². The van der Waals surface area contributed by atoms with Gasteiger partial charge in [0.05, 0.1) is 0 Å². The molecule has 0 spiro atoms. The molecule has 0 aliphatic rings. The zero-order valence-corrected chi connectivity index (χ0v) is 17.2. The van der Waals surface area contributed by atoms with Crippen LogP contribution in [0.4, 0.5) is 0 Å². The molecule has 0 radical (unpaired) electrons. The van der Waals surface area contributed by atoms with Crippen LogP contribution >= 0.6 is 17.0 Å². The Bertz CT molecular complexity index is 720. The normalized spacial score (nSPS) is 9.57. The first-order valence-corrected chi connectivity index (χ1v) is 13.7. The van der Waals surface area contributed by atoms with E-state index in [1.807, 2.05) is 0 Å². The van der Waals surface area contributed by atoms with Gasteiger partial charge in [0.1, 0.15) is 0 Å². The van der Waals surface area contributed by atoms with Crippen LogP contribution in [0.1, 0.15) is 11.1 Å². The number of hydrogen-bond acceptors (Lipinski definition) is 0. The summed E-state index contributed by atoms with van der Waals surface area (Å²) in [5.74, 6) is 0. The quantitative estimate of drug-likeness (QED) is 0.266. The average Bonchev–Trinajstić information content (AvgIpc) is 3.08. The fourth-order valence-corrected chi connectivity index (χ4v) is 2.61. The second kappa shape index (κ2) is 9.43. The summed E-state index contributed by atoms with van der Waals surface area (Å²) in [5.41, 5.74) is 2.70. The van der Waals surface area contributed by atoms with Crippen LogP contribution in [0.2, 0.25) is 0 Å². The summed E-state index contributed by atoms with van der Waals surface area (Å²) in [6.07, 6.45) is 0. The zero-order chi connectivity index (χ0) is 16.7. The molecule has 0 N–H and O–H groups in total. The van der Waals surface area contributed by atoms with Gasteiger partial charge in [0.15, 0.2) is 0 Å². The van der Waals surface area contributed by atoms with Gasteiger partial charge in [-0.15, -0.1) is 81.2 Å². The van der Waals surface area contributed by atoms with E-state index in [-0.39, 0.29) is 0 Å². The standard InChI is InChI=1S/2C10H9.2ClH.Zr/c2*1-8-6-9-4-2-3-5-10(9)7-8;;;/h2*2-7H,1H3;2*1H;/q2*-1;;;+4/p-2. The number of aryl methyl sites for hydroxylation is 2. The molecule has 0 fully saturated rings.